The molecule has 1 aromatic rings. The fraction of sp³-hybridized carbons (Fsp3) is 0.692. The zero-order valence-corrected chi connectivity index (χ0v) is 12.4. The molecule has 0 spiro atoms. The molecule has 19 heavy (non-hydrogen) atoms. The molecule has 0 saturated carbocycles. The van der Waals surface area contributed by atoms with Crippen molar-refractivity contribution in [1.82, 2.24) is 9.97 Å². The summed E-state index contributed by atoms with van der Waals surface area (Å²) in [5.74, 6) is 7.55. The number of nitrogens with two attached hydrogens (primary N) is 1. The van der Waals surface area contributed by atoms with Crippen molar-refractivity contribution in [2.75, 3.05) is 24.0 Å². The molecule has 0 saturated heterocycles. The van der Waals surface area contributed by atoms with Crippen molar-refractivity contribution >= 4 is 11.6 Å². The third-order valence-electron chi connectivity index (χ3n) is 2.51. The van der Waals surface area contributed by atoms with Crippen molar-refractivity contribution in [3.63, 3.8) is 0 Å². The zero-order chi connectivity index (χ0) is 14.5. The number of hydrazine groups is 1. The second-order valence-corrected chi connectivity index (χ2v) is 5.56. The van der Waals surface area contributed by atoms with Gasteiger partial charge in [0.15, 0.2) is 0 Å². The molecule has 0 aliphatic carbocycles. The van der Waals surface area contributed by atoms with Gasteiger partial charge >= 0.3 is 0 Å². The summed E-state index contributed by atoms with van der Waals surface area (Å²) in [7, 11) is 0. The standard InChI is InChI=1S/C13H25N5O/c1-6-19-8-9(2)15-10-7-11(18-14)17-12(16-10)13(3,4)5/h7,9H,6,8,14H2,1-5H3,(H2,15,16,17,18). The predicted octanol–water partition coefficient (Wildman–Crippen LogP) is 1.90. The van der Waals surface area contributed by atoms with E-state index in [1.54, 1.807) is 6.07 Å². The number of rotatable bonds is 6. The molecule has 108 valence electrons. The first kappa shape index (κ1) is 15.7. The van der Waals surface area contributed by atoms with Gasteiger partial charge in [0.25, 0.3) is 0 Å². The van der Waals surface area contributed by atoms with Crippen molar-refractivity contribution in [3.05, 3.63) is 11.9 Å². The number of nitrogen functional groups attached to an aromatic ring is 1. The average molecular weight is 267 g/mol. The van der Waals surface area contributed by atoms with Crippen LogP contribution in [0.4, 0.5) is 11.6 Å². The average Bonchev–Trinajstić information content (AvgIpc) is 2.34. The lowest BCUT2D eigenvalue weighted by molar-refractivity contribution is 0.141. The van der Waals surface area contributed by atoms with E-state index in [9.17, 15) is 0 Å². The van der Waals surface area contributed by atoms with Gasteiger partial charge in [-0.2, -0.15) is 0 Å². The van der Waals surface area contributed by atoms with Crippen LogP contribution in [0, 0.1) is 0 Å². The quantitative estimate of drug-likeness (QED) is 0.539. The lowest BCUT2D eigenvalue weighted by Gasteiger charge is -2.20. The number of hydrogen-bond donors (Lipinski definition) is 3. The van der Waals surface area contributed by atoms with Gasteiger partial charge in [0.1, 0.15) is 17.5 Å². The molecular formula is C13H25N5O. The van der Waals surface area contributed by atoms with Gasteiger partial charge in [-0.3, -0.25) is 0 Å². The van der Waals surface area contributed by atoms with Gasteiger partial charge in [0.05, 0.1) is 6.61 Å². The molecule has 6 nitrogen and oxygen atoms in total. The largest absolute Gasteiger partial charge is 0.380 e. The van der Waals surface area contributed by atoms with Crippen molar-refractivity contribution in [2.45, 2.75) is 46.1 Å². The van der Waals surface area contributed by atoms with E-state index < -0.39 is 0 Å². The van der Waals surface area contributed by atoms with Crippen molar-refractivity contribution in [1.29, 1.82) is 0 Å². The number of ether oxygens (including phenoxy) is 1. The Morgan fingerprint density at radius 3 is 2.47 bits per heavy atom. The molecular weight excluding hydrogens is 242 g/mol. The maximum Gasteiger partial charge on any atom is 0.145 e. The maximum absolute atomic E-state index is 5.45. The van der Waals surface area contributed by atoms with Gasteiger partial charge in [0.2, 0.25) is 0 Å². The summed E-state index contributed by atoms with van der Waals surface area (Å²) in [5.41, 5.74) is 2.44. The molecule has 0 amide bonds. The summed E-state index contributed by atoms with van der Waals surface area (Å²) in [4.78, 5) is 8.90. The van der Waals surface area contributed by atoms with Gasteiger partial charge in [-0.15, -0.1) is 0 Å². The number of hydrogen-bond acceptors (Lipinski definition) is 6. The highest BCUT2D eigenvalue weighted by Crippen LogP contribution is 2.22. The second-order valence-electron chi connectivity index (χ2n) is 5.56. The van der Waals surface area contributed by atoms with E-state index in [2.05, 4.69) is 41.5 Å². The van der Waals surface area contributed by atoms with Crippen LogP contribution in [-0.2, 0) is 10.2 Å². The minimum absolute atomic E-state index is 0.132. The third-order valence-corrected chi connectivity index (χ3v) is 2.51. The Hall–Kier alpha value is -1.40. The van der Waals surface area contributed by atoms with Gasteiger partial charge in [-0.25, -0.2) is 15.8 Å². The molecule has 1 heterocycles. The molecule has 0 fully saturated rings. The predicted molar refractivity (Wildman–Crippen MR) is 78.1 cm³/mol. The normalized spacial score (nSPS) is 13.2. The highest BCUT2D eigenvalue weighted by molar-refractivity contribution is 5.48. The number of nitrogens with one attached hydrogen (secondary N) is 2. The van der Waals surface area contributed by atoms with Crippen LogP contribution in [-0.4, -0.2) is 29.2 Å². The summed E-state index contributed by atoms with van der Waals surface area (Å²) in [6, 6.07) is 1.96. The summed E-state index contributed by atoms with van der Waals surface area (Å²) >= 11 is 0. The fourth-order valence-corrected chi connectivity index (χ4v) is 1.52. The highest BCUT2D eigenvalue weighted by atomic mass is 16.5. The van der Waals surface area contributed by atoms with E-state index in [4.69, 9.17) is 10.6 Å². The maximum atomic E-state index is 5.45. The van der Waals surface area contributed by atoms with Crippen LogP contribution in [0.2, 0.25) is 0 Å². The minimum atomic E-state index is -0.132. The first-order chi connectivity index (χ1) is 8.86. The number of anilines is 2. The van der Waals surface area contributed by atoms with E-state index in [1.807, 2.05) is 13.8 Å². The SMILES string of the molecule is CCOCC(C)Nc1cc(NN)nc(C(C)(C)C)n1. The molecule has 0 radical (unpaired) electrons. The molecule has 1 aromatic heterocycles. The summed E-state index contributed by atoms with van der Waals surface area (Å²) in [6.45, 7) is 11.6. The van der Waals surface area contributed by atoms with Crippen LogP contribution >= 0.6 is 0 Å². The molecule has 1 unspecified atom stereocenters. The highest BCUT2D eigenvalue weighted by Gasteiger charge is 2.19. The number of nitrogens with zero attached hydrogens (tertiary/aromatic N) is 2. The first-order valence-electron chi connectivity index (χ1n) is 6.57. The van der Waals surface area contributed by atoms with Gasteiger partial charge < -0.3 is 15.5 Å². The Kier molecular flexibility index (Phi) is 5.50. The van der Waals surface area contributed by atoms with E-state index >= 15 is 0 Å². The van der Waals surface area contributed by atoms with Crippen LogP contribution in [0.15, 0.2) is 6.07 Å². The van der Waals surface area contributed by atoms with Crippen LogP contribution in [0.25, 0.3) is 0 Å². The first-order valence-corrected chi connectivity index (χ1v) is 6.57. The van der Waals surface area contributed by atoms with Crippen LogP contribution in [0.1, 0.15) is 40.4 Å². The molecule has 0 bridgehead atoms. The molecule has 0 aliphatic heterocycles. The molecule has 0 aromatic carbocycles. The van der Waals surface area contributed by atoms with Gasteiger partial charge in [-0.05, 0) is 13.8 Å². The lowest BCUT2D eigenvalue weighted by atomic mass is 9.96. The van der Waals surface area contributed by atoms with Gasteiger partial charge in [0, 0.05) is 24.1 Å². The van der Waals surface area contributed by atoms with E-state index in [0.717, 1.165) is 11.6 Å². The second kappa shape index (κ2) is 6.68. The molecule has 4 N–H and O–H groups in total. The lowest BCUT2D eigenvalue weighted by Crippen LogP contribution is -2.25. The van der Waals surface area contributed by atoms with Gasteiger partial charge in [-0.1, -0.05) is 20.8 Å². The Labute approximate surface area is 115 Å². The van der Waals surface area contributed by atoms with Crippen LogP contribution in [0.3, 0.4) is 0 Å². The molecule has 0 aliphatic rings. The monoisotopic (exact) mass is 267 g/mol. The van der Waals surface area contributed by atoms with Crippen molar-refractivity contribution in [2.24, 2.45) is 5.84 Å². The van der Waals surface area contributed by atoms with Crippen LogP contribution < -0.4 is 16.6 Å². The summed E-state index contributed by atoms with van der Waals surface area (Å²) in [6.07, 6.45) is 0. The Morgan fingerprint density at radius 1 is 1.32 bits per heavy atom. The van der Waals surface area contributed by atoms with E-state index in [-0.39, 0.29) is 11.5 Å². The van der Waals surface area contributed by atoms with E-state index in [1.165, 1.54) is 0 Å². The van der Waals surface area contributed by atoms with Crippen molar-refractivity contribution < 1.29 is 4.74 Å². The van der Waals surface area contributed by atoms with E-state index in [0.29, 0.717) is 19.0 Å². The molecule has 1 rings (SSSR count). The minimum Gasteiger partial charge on any atom is -0.380 e. The zero-order valence-electron chi connectivity index (χ0n) is 12.4. The summed E-state index contributed by atoms with van der Waals surface area (Å²) in [5, 5.41) is 3.29. The summed E-state index contributed by atoms with van der Waals surface area (Å²) < 4.78 is 5.38. The number of aromatic nitrogens is 2. The smallest absolute Gasteiger partial charge is 0.145 e. The van der Waals surface area contributed by atoms with Crippen molar-refractivity contribution in [3.8, 4) is 0 Å². The molecule has 1 atom stereocenters. The third kappa shape index (κ3) is 5.00. The topological polar surface area (TPSA) is 85.1 Å². The van der Waals surface area contributed by atoms with Crippen LogP contribution in [0.5, 0.6) is 0 Å². The molecule has 6 heteroatoms. The Morgan fingerprint density at radius 2 is 1.95 bits per heavy atom. The Bertz CT molecular complexity index is 403. The Balaban J connectivity index is 2.88. The fourth-order valence-electron chi connectivity index (χ4n) is 1.52.